The summed E-state index contributed by atoms with van der Waals surface area (Å²) in [4.78, 5) is 14.6. The zero-order valence-corrected chi connectivity index (χ0v) is 13.5. The number of carbonyl (C=O) groups excluding carboxylic acids is 1. The Morgan fingerprint density at radius 1 is 1.23 bits per heavy atom. The van der Waals surface area contributed by atoms with Gasteiger partial charge in [0.05, 0.1) is 16.8 Å². The molecule has 2 heterocycles. The summed E-state index contributed by atoms with van der Waals surface area (Å²) in [7, 11) is 0. The van der Waals surface area contributed by atoms with Crippen LogP contribution in [0, 0.1) is 5.92 Å². The first-order valence-corrected chi connectivity index (χ1v) is 7.93. The van der Waals surface area contributed by atoms with Crippen LogP contribution in [0.5, 0.6) is 0 Å². The Balaban J connectivity index is 1.84. The van der Waals surface area contributed by atoms with Crippen molar-refractivity contribution in [1.82, 2.24) is 9.47 Å². The summed E-state index contributed by atoms with van der Waals surface area (Å²) >= 11 is 6.13. The monoisotopic (exact) mass is 317 g/mol. The maximum Gasteiger partial charge on any atom is 0.322 e. The maximum absolute atomic E-state index is 12.7. The molecular weight excluding hydrogens is 298 g/mol. The van der Waals surface area contributed by atoms with E-state index in [4.69, 9.17) is 11.6 Å². The summed E-state index contributed by atoms with van der Waals surface area (Å²) in [6.07, 6.45) is 2.08. The molecule has 1 aliphatic heterocycles. The van der Waals surface area contributed by atoms with Crippen molar-refractivity contribution in [3.8, 4) is 0 Å². The SMILES string of the molecule is CC(C)[C@@H]1c2cccn2CCN1C(=O)Nc1ccccc1Cl. The molecule has 0 saturated carbocycles. The van der Waals surface area contributed by atoms with Gasteiger partial charge in [0.15, 0.2) is 0 Å². The van der Waals surface area contributed by atoms with E-state index in [0.717, 1.165) is 6.54 Å². The van der Waals surface area contributed by atoms with Crippen molar-refractivity contribution in [2.45, 2.75) is 26.4 Å². The van der Waals surface area contributed by atoms with Gasteiger partial charge in [0.2, 0.25) is 0 Å². The minimum atomic E-state index is -0.0979. The molecule has 1 N–H and O–H groups in total. The van der Waals surface area contributed by atoms with Crippen LogP contribution in [0.4, 0.5) is 10.5 Å². The van der Waals surface area contributed by atoms with Crippen LogP contribution in [0.2, 0.25) is 5.02 Å². The number of halogens is 1. The van der Waals surface area contributed by atoms with Gasteiger partial charge in [0, 0.05) is 25.0 Å². The van der Waals surface area contributed by atoms with Gasteiger partial charge in [-0.1, -0.05) is 37.6 Å². The van der Waals surface area contributed by atoms with Gasteiger partial charge >= 0.3 is 6.03 Å². The summed E-state index contributed by atoms with van der Waals surface area (Å²) in [5.74, 6) is 0.339. The molecule has 0 unspecified atom stereocenters. The van der Waals surface area contributed by atoms with Gasteiger partial charge in [-0.3, -0.25) is 0 Å². The lowest BCUT2D eigenvalue weighted by Gasteiger charge is -2.39. The minimum Gasteiger partial charge on any atom is -0.348 e. The van der Waals surface area contributed by atoms with E-state index < -0.39 is 0 Å². The van der Waals surface area contributed by atoms with E-state index in [1.165, 1.54) is 5.69 Å². The average Bonchev–Trinajstić information content (AvgIpc) is 2.96. The van der Waals surface area contributed by atoms with Crippen LogP contribution in [0.1, 0.15) is 25.6 Å². The second-order valence-electron chi connectivity index (χ2n) is 5.92. The van der Waals surface area contributed by atoms with Gasteiger partial charge in [-0.05, 0) is 30.2 Å². The lowest BCUT2D eigenvalue weighted by Crippen LogP contribution is -2.45. The smallest absolute Gasteiger partial charge is 0.322 e. The molecule has 0 bridgehead atoms. The normalized spacial score (nSPS) is 17.5. The third-order valence-corrected chi connectivity index (χ3v) is 4.42. The van der Waals surface area contributed by atoms with E-state index in [0.29, 0.717) is 23.2 Å². The largest absolute Gasteiger partial charge is 0.348 e. The molecule has 2 amide bonds. The van der Waals surface area contributed by atoms with E-state index in [9.17, 15) is 4.79 Å². The zero-order valence-electron chi connectivity index (χ0n) is 12.8. The molecule has 116 valence electrons. The number of anilines is 1. The predicted molar refractivity (Wildman–Crippen MR) is 89.2 cm³/mol. The molecule has 1 aromatic carbocycles. The fourth-order valence-corrected chi connectivity index (χ4v) is 3.28. The molecule has 0 radical (unpaired) electrons. The molecule has 22 heavy (non-hydrogen) atoms. The van der Waals surface area contributed by atoms with Gasteiger partial charge in [-0.2, -0.15) is 0 Å². The van der Waals surface area contributed by atoms with Crippen LogP contribution < -0.4 is 5.32 Å². The number of nitrogens with zero attached hydrogens (tertiary/aromatic N) is 2. The second kappa shape index (κ2) is 6.05. The Morgan fingerprint density at radius 2 is 2.00 bits per heavy atom. The summed E-state index contributed by atoms with van der Waals surface area (Å²) in [5, 5.41) is 3.49. The highest BCUT2D eigenvalue weighted by atomic mass is 35.5. The van der Waals surface area contributed by atoms with Gasteiger partial charge in [0.25, 0.3) is 0 Å². The highest BCUT2D eigenvalue weighted by molar-refractivity contribution is 6.33. The van der Waals surface area contributed by atoms with Crippen molar-refractivity contribution in [1.29, 1.82) is 0 Å². The maximum atomic E-state index is 12.7. The predicted octanol–water partition coefficient (Wildman–Crippen LogP) is 4.39. The quantitative estimate of drug-likeness (QED) is 0.876. The van der Waals surface area contributed by atoms with Crippen molar-refractivity contribution in [3.63, 3.8) is 0 Å². The highest BCUT2D eigenvalue weighted by Crippen LogP contribution is 2.33. The second-order valence-corrected chi connectivity index (χ2v) is 6.33. The standard InChI is InChI=1S/C17H20ClN3O/c1-12(2)16-15-8-5-9-20(15)10-11-21(16)17(22)19-14-7-4-3-6-13(14)18/h3-9,12,16H,10-11H2,1-2H3,(H,19,22)/t16-/m1/s1. The number of amides is 2. The lowest BCUT2D eigenvalue weighted by atomic mass is 9.97. The molecule has 2 aromatic rings. The van der Waals surface area contributed by atoms with Crippen molar-refractivity contribution in [3.05, 3.63) is 53.3 Å². The molecule has 0 saturated heterocycles. The number of nitrogens with one attached hydrogen (secondary N) is 1. The first-order valence-electron chi connectivity index (χ1n) is 7.55. The fraction of sp³-hybridized carbons (Fsp3) is 0.353. The molecule has 0 fully saturated rings. The lowest BCUT2D eigenvalue weighted by molar-refractivity contribution is 0.144. The molecule has 1 atom stereocenters. The third kappa shape index (κ3) is 2.71. The topological polar surface area (TPSA) is 37.3 Å². The number of para-hydroxylation sites is 1. The molecule has 1 aromatic heterocycles. The minimum absolute atomic E-state index is 0.0752. The number of carbonyl (C=O) groups is 1. The fourth-order valence-electron chi connectivity index (χ4n) is 3.09. The molecular formula is C17H20ClN3O. The van der Waals surface area contributed by atoms with E-state index in [1.54, 1.807) is 6.07 Å². The summed E-state index contributed by atoms with van der Waals surface area (Å²) in [6.45, 7) is 5.80. The van der Waals surface area contributed by atoms with Crippen molar-refractivity contribution in [2.24, 2.45) is 5.92 Å². The molecule has 5 heteroatoms. The van der Waals surface area contributed by atoms with Crippen LogP contribution in [0.3, 0.4) is 0 Å². The Labute approximate surface area is 135 Å². The Hall–Kier alpha value is -1.94. The molecule has 0 spiro atoms. The molecule has 1 aliphatic rings. The van der Waals surface area contributed by atoms with Crippen LogP contribution in [0.15, 0.2) is 42.6 Å². The Morgan fingerprint density at radius 3 is 2.73 bits per heavy atom. The Kier molecular flexibility index (Phi) is 4.12. The number of rotatable bonds is 2. The highest BCUT2D eigenvalue weighted by Gasteiger charge is 2.33. The van der Waals surface area contributed by atoms with Gasteiger partial charge in [-0.25, -0.2) is 4.79 Å². The van der Waals surface area contributed by atoms with E-state index >= 15 is 0 Å². The van der Waals surface area contributed by atoms with Gasteiger partial charge < -0.3 is 14.8 Å². The molecule has 4 nitrogen and oxygen atoms in total. The third-order valence-electron chi connectivity index (χ3n) is 4.09. The van der Waals surface area contributed by atoms with Crippen molar-refractivity contribution >= 4 is 23.3 Å². The van der Waals surface area contributed by atoms with E-state index in [-0.39, 0.29) is 12.1 Å². The summed E-state index contributed by atoms with van der Waals surface area (Å²) in [6, 6.07) is 11.4. The van der Waals surface area contributed by atoms with E-state index in [2.05, 4.69) is 36.0 Å². The van der Waals surface area contributed by atoms with Crippen molar-refractivity contribution < 1.29 is 4.79 Å². The Bertz CT molecular complexity index is 680. The molecule has 0 aliphatic carbocycles. The van der Waals surface area contributed by atoms with Gasteiger partial charge in [0.1, 0.15) is 0 Å². The van der Waals surface area contributed by atoms with E-state index in [1.807, 2.05) is 29.2 Å². The van der Waals surface area contributed by atoms with Crippen LogP contribution in [-0.2, 0) is 6.54 Å². The summed E-state index contributed by atoms with van der Waals surface area (Å²) < 4.78 is 2.23. The number of urea groups is 1. The van der Waals surface area contributed by atoms with Crippen LogP contribution in [-0.4, -0.2) is 22.0 Å². The number of fused-ring (bicyclic) bond motifs is 1. The van der Waals surface area contributed by atoms with Crippen LogP contribution in [0.25, 0.3) is 0 Å². The zero-order chi connectivity index (χ0) is 15.7. The first-order chi connectivity index (χ1) is 10.6. The number of hydrogen-bond acceptors (Lipinski definition) is 1. The number of aromatic nitrogens is 1. The van der Waals surface area contributed by atoms with Crippen LogP contribution >= 0.6 is 11.6 Å². The molecule has 3 rings (SSSR count). The van der Waals surface area contributed by atoms with Crippen molar-refractivity contribution in [2.75, 3.05) is 11.9 Å². The van der Waals surface area contributed by atoms with Gasteiger partial charge in [-0.15, -0.1) is 0 Å². The number of hydrogen-bond donors (Lipinski definition) is 1. The number of benzene rings is 1. The average molecular weight is 318 g/mol. The first kappa shape index (κ1) is 15.0. The summed E-state index contributed by atoms with van der Waals surface area (Å²) in [5.41, 5.74) is 1.84.